The van der Waals surface area contributed by atoms with Gasteiger partial charge in [0.05, 0.1) is 19.4 Å². The van der Waals surface area contributed by atoms with E-state index < -0.39 is 10.0 Å². The average molecular weight is 348 g/mol. The predicted molar refractivity (Wildman–Crippen MR) is 87.8 cm³/mol. The molecule has 0 aromatic heterocycles. The van der Waals surface area contributed by atoms with Gasteiger partial charge in [-0.3, -0.25) is 14.6 Å². The summed E-state index contributed by atoms with van der Waals surface area (Å²) in [6.45, 7) is 7.56. The first kappa shape index (κ1) is 18.6. The largest absolute Gasteiger partial charge is 0.383 e. The zero-order valence-corrected chi connectivity index (χ0v) is 14.9. The average Bonchev–Trinajstić information content (AvgIpc) is 2.53. The van der Waals surface area contributed by atoms with Crippen LogP contribution < -0.4 is 0 Å². The van der Waals surface area contributed by atoms with E-state index in [-0.39, 0.29) is 5.91 Å². The van der Waals surface area contributed by atoms with E-state index in [0.717, 1.165) is 39.3 Å². The molecule has 0 aliphatic carbocycles. The fourth-order valence-corrected chi connectivity index (χ4v) is 3.78. The minimum absolute atomic E-state index is 0.100. The monoisotopic (exact) mass is 348 g/mol. The zero-order valence-electron chi connectivity index (χ0n) is 14.1. The summed E-state index contributed by atoms with van der Waals surface area (Å²) >= 11 is 0. The highest BCUT2D eigenvalue weighted by Crippen LogP contribution is 2.08. The van der Waals surface area contributed by atoms with E-state index in [1.54, 1.807) is 12.0 Å². The van der Waals surface area contributed by atoms with E-state index in [2.05, 4.69) is 9.80 Å². The topological polar surface area (TPSA) is 73.4 Å². The van der Waals surface area contributed by atoms with Crippen LogP contribution in [0.3, 0.4) is 0 Å². The van der Waals surface area contributed by atoms with Crippen LogP contribution in [-0.2, 0) is 19.6 Å². The molecular formula is C14H28N4O4S. The number of carbonyl (C=O) groups is 1. The molecule has 0 N–H and O–H groups in total. The van der Waals surface area contributed by atoms with E-state index in [0.29, 0.717) is 32.7 Å². The fourth-order valence-electron chi connectivity index (χ4n) is 2.95. The third-order valence-corrected chi connectivity index (χ3v) is 5.80. The van der Waals surface area contributed by atoms with Gasteiger partial charge in [0.1, 0.15) is 0 Å². The van der Waals surface area contributed by atoms with Crippen molar-refractivity contribution in [2.75, 3.05) is 85.4 Å². The molecule has 0 saturated carbocycles. The molecule has 8 nitrogen and oxygen atoms in total. The molecule has 2 rings (SSSR count). The minimum Gasteiger partial charge on any atom is -0.383 e. The lowest BCUT2D eigenvalue weighted by Crippen LogP contribution is -2.54. The standard InChI is InChI=1S/C14H28N4O4S/c1-22-12-11-15-3-5-16(6-4-15)13-14(19)17-7-9-18(10-8-17)23(2,20)21/h3-13H2,1-2H3. The van der Waals surface area contributed by atoms with Gasteiger partial charge in [-0.25, -0.2) is 8.42 Å². The highest BCUT2D eigenvalue weighted by Gasteiger charge is 2.27. The molecule has 0 bridgehead atoms. The summed E-state index contributed by atoms with van der Waals surface area (Å²) in [5.41, 5.74) is 0. The summed E-state index contributed by atoms with van der Waals surface area (Å²) in [5.74, 6) is 0.100. The van der Waals surface area contributed by atoms with Gasteiger partial charge in [0.2, 0.25) is 15.9 Å². The van der Waals surface area contributed by atoms with Crippen LogP contribution in [0.1, 0.15) is 0 Å². The molecule has 2 fully saturated rings. The quantitative estimate of drug-likeness (QED) is 0.573. The number of amides is 1. The molecule has 0 unspecified atom stereocenters. The Morgan fingerprint density at radius 1 is 0.957 bits per heavy atom. The normalized spacial score (nSPS) is 22.4. The Labute approximate surface area is 139 Å². The third kappa shape index (κ3) is 5.68. The molecule has 0 aromatic carbocycles. The summed E-state index contributed by atoms with van der Waals surface area (Å²) in [6.07, 6.45) is 1.22. The minimum atomic E-state index is -3.15. The molecule has 0 spiro atoms. The number of piperazine rings is 2. The number of nitrogens with zero attached hydrogens (tertiary/aromatic N) is 4. The maximum atomic E-state index is 12.4. The molecule has 9 heteroatoms. The maximum Gasteiger partial charge on any atom is 0.236 e. The first-order valence-corrected chi connectivity index (χ1v) is 9.91. The molecule has 134 valence electrons. The summed E-state index contributed by atoms with van der Waals surface area (Å²) in [6, 6.07) is 0. The summed E-state index contributed by atoms with van der Waals surface area (Å²) in [5, 5.41) is 0. The predicted octanol–water partition coefficient (Wildman–Crippen LogP) is -1.65. The van der Waals surface area contributed by atoms with Crippen LogP contribution in [0.2, 0.25) is 0 Å². The molecule has 2 aliphatic heterocycles. The van der Waals surface area contributed by atoms with Crippen LogP contribution in [0.4, 0.5) is 0 Å². The number of ether oxygens (including phenoxy) is 1. The van der Waals surface area contributed by atoms with Crippen molar-refractivity contribution < 1.29 is 17.9 Å². The molecule has 2 aliphatic rings. The van der Waals surface area contributed by atoms with Crippen molar-refractivity contribution in [3.05, 3.63) is 0 Å². The SMILES string of the molecule is COCCN1CCN(CC(=O)N2CCN(S(C)(=O)=O)CC2)CC1. The van der Waals surface area contributed by atoms with Crippen molar-refractivity contribution in [2.24, 2.45) is 0 Å². The Hall–Kier alpha value is -0.740. The van der Waals surface area contributed by atoms with Gasteiger partial charge >= 0.3 is 0 Å². The Morgan fingerprint density at radius 2 is 1.52 bits per heavy atom. The van der Waals surface area contributed by atoms with Gasteiger partial charge < -0.3 is 9.64 Å². The van der Waals surface area contributed by atoms with E-state index >= 15 is 0 Å². The number of hydrogen-bond acceptors (Lipinski definition) is 6. The lowest BCUT2D eigenvalue weighted by molar-refractivity contribution is -0.134. The van der Waals surface area contributed by atoms with E-state index in [4.69, 9.17) is 4.74 Å². The van der Waals surface area contributed by atoms with Gasteiger partial charge in [-0.05, 0) is 0 Å². The summed E-state index contributed by atoms with van der Waals surface area (Å²) in [4.78, 5) is 18.7. The molecule has 2 heterocycles. The second-order valence-electron chi connectivity index (χ2n) is 6.15. The zero-order chi connectivity index (χ0) is 16.9. The van der Waals surface area contributed by atoms with Gasteiger partial charge in [-0.2, -0.15) is 4.31 Å². The number of hydrogen-bond donors (Lipinski definition) is 0. The van der Waals surface area contributed by atoms with Crippen LogP contribution in [0.15, 0.2) is 0 Å². The number of rotatable bonds is 6. The van der Waals surface area contributed by atoms with Gasteiger partial charge in [-0.1, -0.05) is 0 Å². The second-order valence-corrected chi connectivity index (χ2v) is 8.14. The molecule has 1 amide bonds. The van der Waals surface area contributed by atoms with Gasteiger partial charge in [-0.15, -0.1) is 0 Å². The van der Waals surface area contributed by atoms with E-state index in [9.17, 15) is 13.2 Å². The van der Waals surface area contributed by atoms with Crippen LogP contribution in [0.5, 0.6) is 0 Å². The Kier molecular flexibility index (Phi) is 6.78. The molecular weight excluding hydrogens is 320 g/mol. The maximum absolute atomic E-state index is 12.4. The van der Waals surface area contributed by atoms with Gasteiger partial charge in [0.15, 0.2) is 0 Å². The number of methoxy groups -OCH3 is 1. The van der Waals surface area contributed by atoms with Crippen LogP contribution in [0, 0.1) is 0 Å². The van der Waals surface area contributed by atoms with Crippen LogP contribution >= 0.6 is 0 Å². The van der Waals surface area contributed by atoms with Crippen molar-refractivity contribution in [3.8, 4) is 0 Å². The van der Waals surface area contributed by atoms with Crippen molar-refractivity contribution in [2.45, 2.75) is 0 Å². The Balaban J connectivity index is 1.70. The lowest BCUT2D eigenvalue weighted by atomic mass is 10.3. The Morgan fingerprint density at radius 3 is 2.04 bits per heavy atom. The third-order valence-electron chi connectivity index (χ3n) is 4.50. The lowest BCUT2D eigenvalue weighted by Gasteiger charge is -2.37. The first-order valence-electron chi connectivity index (χ1n) is 8.06. The number of sulfonamides is 1. The highest BCUT2D eigenvalue weighted by atomic mass is 32.2. The molecule has 0 aromatic rings. The van der Waals surface area contributed by atoms with Crippen LogP contribution in [-0.4, -0.2) is 119 Å². The van der Waals surface area contributed by atoms with Gasteiger partial charge in [0, 0.05) is 66.0 Å². The van der Waals surface area contributed by atoms with Crippen molar-refractivity contribution in [3.63, 3.8) is 0 Å². The molecule has 0 atom stereocenters. The van der Waals surface area contributed by atoms with Crippen molar-refractivity contribution in [1.82, 2.24) is 19.0 Å². The molecule has 23 heavy (non-hydrogen) atoms. The van der Waals surface area contributed by atoms with Crippen molar-refractivity contribution >= 4 is 15.9 Å². The van der Waals surface area contributed by atoms with E-state index in [1.807, 2.05) is 0 Å². The fraction of sp³-hybridized carbons (Fsp3) is 0.929. The number of carbonyl (C=O) groups excluding carboxylic acids is 1. The van der Waals surface area contributed by atoms with Crippen LogP contribution in [0.25, 0.3) is 0 Å². The molecule has 2 saturated heterocycles. The second kappa shape index (κ2) is 8.39. The molecule has 0 radical (unpaired) electrons. The van der Waals surface area contributed by atoms with Crippen molar-refractivity contribution in [1.29, 1.82) is 0 Å². The Bertz CT molecular complexity index is 483. The summed E-state index contributed by atoms with van der Waals surface area (Å²) < 4.78 is 29.5. The smallest absolute Gasteiger partial charge is 0.236 e. The summed E-state index contributed by atoms with van der Waals surface area (Å²) in [7, 11) is -1.44. The highest BCUT2D eigenvalue weighted by molar-refractivity contribution is 7.88. The van der Waals surface area contributed by atoms with E-state index in [1.165, 1.54) is 10.6 Å². The first-order chi connectivity index (χ1) is 10.9. The van der Waals surface area contributed by atoms with Gasteiger partial charge in [0.25, 0.3) is 0 Å².